The lowest BCUT2D eigenvalue weighted by atomic mass is 9.92. The highest BCUT2D eigenvalue weighted by molar-refractivity contribution is 6.35. The van der Waals surface area contributed by atoms with Crippen molar-refractivity contribution in [3.05, 3.63) is 66.7 Å². The fourth-order valence-corrected chi connectivity index (χ4v) is 3.21. The van der Waals surface area contributed by atoms with Crippen molar-refractivity contribution in [1.82, 2.24) is 4.57 Å². The summed E-state index contributed by atoms with van der Waals surface area (Å²) in [6, 6.07) is 20.7. The van der Waals surface area contributed by atoms with E-state index in [2.05, 4.69) is 0 Å². The summed E-state index contributed by atoms with van der Waals surface area (Å²) in [5.41, 5.74) is 3.26. The predicted octanol–water partition coefficient (Wildman–Crippen LogP) is 2.03. The van der Waals surface area contributed by atoms with E-state index < -0.39 is 0 Å². The van der Waals surface area contributed by atoms with Crippen LogP contribution in [0.15, 0.2) is 66.7 Å². The van der Waals surface area contributed by atoms with Gasteiger partial charge < -0.3 is 9.30 Å². The number of rotatable bonds is 5. The highest BCUT2D eigenvalue weighted by atomic mass is 16.5. The molecule has 1 heterocycles. The molecule has 0 aliphatic heterocycles. The van der Waals surface area contributed by atoms with Crippen LogP contribution < -0.4 is 15.7 Å². The minimum absolute atomic E-state index is 0.0127. The van der Waals surface area contributed by atoms with E-state index in [1.807, 2.05) is 71.3 Å². The maximum Gasteiger partial charge on any atom is 0.189 e. The molecule has 0 saturated carbocycles. The molecule has 0 amide bonds. The Morgan fingerprint density at radius 3 is 2.00 bits per heavy atom. The molecule has 0 bridgehead atoms. The number of hydrogen-bond acceptors (Lipinski definition) is 2. The highest BCUT2D eigenvalue weighted by Gasteiger charge is 2.14. The summed E-state index contributed by atoms with van der Waals surface area (Å²) in [6.07, 6.45) is 0. The second-order valence-corrected chi connectivity index (χ2v) is 6.28. The number of carbonyl (C=O) groups excluding carboxylic acids is 1. The van der Waals surface area contributed by atoms with E-state index in [1.165, 1.54) is 0 Å². The van der Waals surface area contributed by atoms with Gasteiger partial charge in [-0.3, -0.25) is 4.79 Å². The Hall–Kier alpha value is -2.94. The zero-order chi connectivity index (χ0) is 18.1. The van der Waals surface area contributed by atoms with Crippen LogP contribution in [0.5, 0.6) is 5.75 Å². The lowest BCUT2D eigenvalue weighted by molar-refractivity contribution is -0.121. The third kappa shape index (κ3) is 3.13. The van der Waals surface area contributed by atoms with E-state index in [1.54, 1.807) is 0 Å². The molecule has 4 aromatic rings. The molecule has 0 aliphatic carbocycles. The predicted molar refractivity (Wildman–Crippen MR) is 107 cm³/mol. The molecule has 3 nitrogen and oxygen atoms in total. The number of carbonyl (C=O) groups is 1. The largest absolute Gasteiger partial charge is 0.486 e. The van der Waals surface area contributed by atoms with Gasteiger partial charge in [0.2, 0.25) is 0 Å². The molecule has 0 spiro atoms. The van der Waals surface area contributed by atoms with Gasteiger partial charge in [0.1, 0.15) is 28.0 Å². The summed E-state index contributed by atoms with van der Waals surface area (Å²) >= 11 is 0. The normalized spacial score (nSPS) is 11.1. The van der Waals surface area contributed by atoms with Gasteiger partial charge in [0, 0.05) is 21.8 Å². The zero-order valence-corrected chi connectivity index (χ0v) is 14.2. The van der Waals surface area contributed by atoms with Crippen LogP contribution in [-0.2, 0) is 11.3 Å². The molecule has 26 heavy (non-hydrogen) atoms. The minimum atomic E-state index is -0.0127. The smallest absolute Gasteiger partial charge is 0.189 e. The van der Waals surface area contributed by atoms with Gasteiger partial charge in [0.25, 0.3) is 0 Å². The first-order valence-electron chi connectivity index (χ1n) is 8.38. The third-order valence-corrected chi connectivity index (χ3v) is 4.39. The number of benzene rings is 3. The molecule has 0 atom stereocenters. The first kappa shape index (κ1) is 16.5. The van der Waals surface area contributed by atoms with Gasteiger partial charge in [0.15, 0.2) is 5.78 Å². The average Bonchev–Trinajstić information content (AvgIpc) is 2.93. The summed E-state index contributed by atoms with van der Waals surface area (Å²) in [6.45, 7) is 0.246. The van der Waals surface area contributed by atoms with E-state index in [-0.39, 0.29) is 18.9 Å². The van der Waals surface area contributed by atoms with Crippen molar-refractivity contribution in [2.45, 2.75) is 6.54 Å². The van der Waals surface area contributed by atoms with E-state index in [4.69, 9.17) is 20.4 Å². The standard InChI is InChI=1S/C21H15B2NO2/c22-14-6-8-20-18(10-14)19-11-15(23)7-9-21(19)24(20)12-16(25)13-26-17-4-2-1-3-5-17/h1-11H,12-13H2. The van der Waals surface area contributed by atoms with Crippen LogP contribution in [-0.4, -0.2) is 32.6 Å². The second-order valence-electron chi connectivity index (χ2n) is 6.28. The molecular formula is C21H15B2NO2. The van der Waals surface area contributed by atoms with Gasteiger partial charge in [-0.2, -0.15) is 0 Å². The molecule has 3 aromatic carbocycles. The number of ketones is 1. The van der Waals surface area contributed by atoms with Crippen molar-refractivity contribution < 1.29 is 9.53 Å². The molecule has 0 aliphatic rings. The number of para-hydroxylation sites is 1. The molecule has 4 radical (unpaired) electrons. The lowest BCUT2D eigenvalue weighted by Gasteiger charge is -2.09. The van der Waals surface area contributed by atoms with E-state index >= 15 is 0 Å². The molecule has 1 aromatic heterocycles. The minimum Gasteiger partial charge on any atom is -0.486 e. The number of hydrogen-bond donors (Lipinski definition) is 0. The quantitative estimate of drug-likeness (QED) is 0.523. The van der Waals surface area contributed by atoms with Gasteiger partial charge in [-0.15, -0.1) is 0 Å². The number of ether oxygens (including phenoxy) is 1. The summed E-state index contributed by atoms with van der Waals surface area (Å²) in [7, 11) is 11.9. The van der Waals surface area contributed by atoms with Crippen LogP contribution in [0.4, 0.5) is 0 Å². The van der Waals surface area contributed by atoms with Crippen molar-refractivity contribution in [3.8, 4) is 5.75 Å². The van der Waals surface area contributed by atoms with Crippen LogP contribution >= 0.6 is 0 Å². The van der Waals surface area contributed by atoms with Crippen LogP contribution in [0.1, 0.15) is 0 Å². The van der Waals surface area contributed by atoms with Gasteiger partial charge in [-0.05, 0) is 24.3 Å². The van der Waals surface area contributed by atoms with E-state index in [0.29, 0.717) is 16.7 Å². The first-order chi connectivity index (χ1) is 12.6. The van der Waals surface area contributed by atoms with Gasteiger partial charge in [0.05, 0.1) is 6.54 Å². The Morgan fingerprint density at radius 1 is 0.846 bits per heavy atom. The molecule has 0 fully saturated rings. The Bertz CT molecular complexity index is 1040. The fourth-order valence-electron chi connectivity index (χ4n) is 3.21. The van der Waals surface area contributed by atoms with Crippen molar-refractivity contribution in [2.24, 2.45) is 0 Å². The molecule has 0 saturated heterocycles. The van der Waals surface area contributed by atoms with Gasteiger partial charge >= 0.3 is 0 Å². The highest BCUT2D eigenvalue weighted by Crippen LogP contribution is 2.27. The van der Waals surface area contributed by atoms with Crippen molar-refractivity contribution in [3.63, 3.8) is 0 Å². The number of fused-ring (bicyclic) bond motifs is 3. The fraction of sp³-hybridized carbons (Fsp3) is 0.0952. The SMILES string of the molecule is [B]c1ccc2c(c1)c1cc([B])ccc1n2CC(=O)COc1ccccc1. The maximum atomic E-state index is 12.5. The molecule has 0 unspecified atom stereocenters. The van der Waals surface area contributed by atoms with Gasteiger partial charge in [-0.1, -0.05) is 53.4 Å². The number of nitrogens with zero attached hydrogens (tertiary/aromatic N) is 1. The van der Waals surface area contributed by atoms with Crippen LogP contribution in [0.2, 0.25) is 0 Å². The number of aromatic nitrogens is 1. The zero-order valence-electron chi connectivity index (χ0n) is 14.2. The van der Waals surface area contributed by atoms with E-state index in [0.717, 1.165) is 21.8 Å². The third-order valence-electron chi connectivity index (χ3n) is 4.39. The summed E-state index contributed by atoms with van der Waals surface area (Å²) in [5.74, 6) is 0.671. The molecule has 5 heteroatoms. The van der Waals surface area contributed by atoms with Crippen LogP contribution in [0, 0.1) is 0 Å². The van der Waals surface area contributed by atoms with Crippen molar-refractivity contribution in [1.29, 1.82) is 0 Å². The second kappa shape index (κ2) is 6.75. The van der Waals surface area contributed by atoms with Crippen molar-refractivity contribution >= 4 is 54.2 Å². The number of Topliss-reactive ketones (excluding diaryl/α,β-unsaturated/α-hetero) is 1. The molecular weight excluding hydrogens is 320 g/mol. The summed E-state index contributed by atoms with van der Waals surface area (Å²) < 4.78 is 7.56. The van der Waals surface area contributed by atoms with Crippen LogP contribution in [0.3, 0.4) is 0 Å². The lowest BCUT2D eigenvalue weighted by Crippen LogP contribution is -2.18. The maximum absolute atomic E-state index is 12.5. The molecule has 4 rings (SSSR count). The monoisotopic (exact) mass is 335 g/mol. The first-order valence-corrected chi connectivity index (χ1v) is 8.38. The Labute approximate surface area is 154 Å². The van der Waals surface area contributed by atoms with Crippen molar-refractivity contribution in [2.75, 3.05) is 6.61 Å². The summed E-state index contributed by atoms with van der Waals surface area (Å²) in [5, 5.41) is 1.98. The Balaban J connectivity index is 1.67. The van der Waals surface area contributed by atoms with Gasteiger partial charge in [-0.25, -0.2) is 0 Å². The molecule has 0 N–H and O–H groups in total. The van der Waals surface area contributed by atoms with Crippen LogP contribution in [0.25, 0.3) is 21.8 Å². The average molecular weight is 335 g/mol. The summed E-state index contributed by atoms with van der Waals surface area (Å²) in [4.78, 5) is 12.5. The Kier molecular flexibility index (Phi) is 4.29. The molecule has 122 valence electrons. The van der Waals surface area contributed by atoms with E-state index in [9.17, 15) is 4.79 Å². The Morgan fingerprint density at radius 2 is 1.42 bits per heavy atom. The topological polar surface area (TPSA) is 31.2 Å².